The van der Waals surface area contributed by atoms with Crippen molar-refractivity contribution in [2.24, 2.45) is 0 Å². The van der Waals surface area contributed by atoms with E-state index >= 15 is 0 Å². The Morgan fingerprint density at radius 1 is 1.28 bits per heavy atom. The average molecular weight is 269 g/mol. The van der Waals surface area contributed by atoms with E-state index in [1.165, 1.54) is 0 Å². The molecule has 18 heavy (non-hydrogen) atoms. The zero-order valence-electron chi connectivity index (χ0n) is 10.7. The van der Waals surface area contributed by atoms with Crippen LogP contribution in [0.5, 0.6) is 0 Å². The summed E-state index contributed by atoms with van der Waals surface area (Å²) in [5.41, 5.74) is 2.76. The molecule has 1 aromatic rings. The van der Waals surface area contributed by atoms with E-state index in [4.69, 9.17) is 11.6 Å². The van der Waals surface area contributed by atoms with Crippen LogP contribution in [0.4, 0.5) is 5.69 Å². The molecule has 0 saturated carbocycles. The Hall–Kier alpha value is -1.55. The number of rotatable bonds is 4. The first-order valence-corrected chi connectivity index (χ1v) is 6.13. The highest BCUT2D eigenvalue weighted by atomic mass is 35.5. The molecule has 0 saturated heterocycles. The van der Waals surface area contributed by atoms with Crippen LogP contribution in [0.1, 0.15) is 18.1 Å². The van der Waals surface area contributed by atoms with Crippen LogP contribution in [-0.2, 0) is 9.59 Å². The summed E-state index contributed by atoms with van der Waals surface area (Å²) < 4.78 is 0. The highest BCUT2D eigenvalue weighted by Gasteiger charge is 2.11. The molecule has 0 aliphatic carbocycles. The second kappa shape index (κ2) is 6.40. The molecule has 0 aliphatic rings. The summed E-state index contributed by atoms with van der Waals surface area (Å²) in [6.07, 6.45) is 0. The van der Waals surface area contributed by atoms with Gasteiger partial charge in [-0.1, -0.05) is 18.2 Å². The van der Waals surface area contributed by atoms with E-state index in [1.54, 1.807) is 6.92 Å². The Balaban J connectivity index is 2.58. The van der Waals surface area contributed by atoms with E-state index < -0.39 is 5.38 Å². The third-order valence-corrected chi connectivity index (χ3v) is 2.73. The van der Waals surface area contributed by atoms with E-state index in [-0.39, 0.29) is 18.4 Å². The van der Waals surface area contributed by atoms with Crippen molar-refractivity contribution in [1.82, 2.24) is 5.32 Å². The lowest BCUT2D eigenvalue weighted by atomic mass is 10.1. The zero-order valence-corrected chi connectivity index (χ0v) is 11.5. The first kappa shape index (κ1) is 14.5. The summed E-state index contributed by atoms with van der Waals surface area (Å²) in [4.78, 5) is 22.9. The average Bonchev–Trinajstić information content (AvgIpc) is 2.30. The largest absolute Gasteiger partial charge is 0.346 e. The minimum absolute atomic E-state index is 0.0797. The van der Waals surface area contributed by atoms with Gasteiger partial charge in [-0.15, -0.1) is 11.6 Å². The highest BCUT2D eigenvalue weighted by molar-refractivity contribution is 6.30. The number of hydrogen-bond acceptors (Lipinski definition) is 2. The first-order chi connectivity index (χ1) is 8.41. The maximum absolute atomic E-state index is 11.7. The summed E-state index contributed by atoms with van der Waals surface area (Å²) >= 11 is 5.58. The Bertz CT molecular complexity index is 438. The normalized spacial score (nSPS) is 11.8. The second-order valence-electron chi connectivity index (χ2n) is 4.15. The number of aryl methyl sites for hydroxylation is 2. The van der Waals surface area contributed by atoms with Crippen molar-refractivity contribution in [1.29, 1.82) is 0 Å². The summed E-state index contributed by atoms with van der Waals surface area (Å²) in [7, 11) is 0. The van der Waals surface area contributed by atoms with Crippen molar-refractivity contribution in [3.8, 4) is 0 Å². The van der Waals surface area contributed by atoms with Crippen molar-refractivity contribution in [3.05, 3.63) is 29.3 Å². The maximum Gasteiger partial charge on any atom is 0.243 e. The lowest BCUT2D eigenvalue weighted by Crippen LogP contribution is -2.36. The van der Waals surface area contributed by atoms with Gasteiger partial charge in [0.2, 0.25) is 11.8 Å². The minimum Gasteiger partial charge on any atom is -0.346 e. The molecule has 0 radical (unpaired) electrons. The van der Waals surface area contributed by atoms with Crippen LogP contribution in [0.15, 0.2) is 18.2 Å². The van der Waals surface area contributed by atoms with Gasteiger partial charge in [-0.3, -0.25) is 9.59 Å². The molecule has 2 amide bonds. The van der Waals surface area contributed by atoms with Gasteiger partial charge in [-0.2, -0.15) is 0 Å². The first-order valence-electron chi connectivity index (χ1n) is 5.69. The zero-order chi connectivity index (χ0) is 13.7. The number of carbonyl (C=O) groups excluding carboxylic acids is 2. The van der Waals surface area contributed by atoms with E-state index in [0.29, 0.717) is 0 Å². The molecule has 0 spiro atoms. The van der Waals surface area contributed by atoms with Crippen molar-refractivity contribution in [2.45, 2.75) is 26.1 Å². The molecule has 1 unspecified atom stereocenters. The lowest BCUT2D eigenvalue weighted by Gasteiger charge is -2.12. The number of carbonyl (C=O) groups is 2. The molecule has 1 atom stereocenters. The fourth-order valence-corrected chi connectivity index (χ4v) is 1.58. The van der Waals surface area contributed by atoms with E-state index in [9.17, 15) is 9.59 Å². The van der Waals surface area contributed by atoms with Crippen molar-refractivity contribution in [3.63, 3.8) is 0 Å². The monoisotopic (exact) mass is 268 g/mol. The SMILES string of the molecule is Cc1cccc(C)c1NC(=O)CNC(=O)C(C)Cl. The standard InChI is InChI=1S/C13H17ClN2O2/c1-8-5-4-6-9(2)12(8)16-11(17)7-15-13(18)10(3)14/h4-6,10H,7H2,1-3H3,(H,15,18)(H,16,17). The minimum atomic E-state index is -0.641. The van der Waals surface area contributed by atoms with Gasteiger partial charge >= 0.3 is 0 Å². The molecular formula is C13H17ClN2O2. The van der Waals surface area contributed by atoms with Crippen molar-refractivity contribution >= 4 is 29.1 Å². The van der Waals surface area contributed by atoms with E-state index in [1.807, 2.05) is 32.0 Å². The number of anilines is 1. The van der Waals surface area contributed by atoms with E-state index in [0.717, 1.165) is 16.8 Å². The van der Waals surface area contributed by atoms with Gasteiger partial charge in [0.15, 0.2) is 0 Å². The number of nitrogens with one attached hydrogen (secondary N) is 2. The molecule has 5 heteroatoms. The van der Waals surface area contributed by atoms with Crippen molar-refractivity contribution < 1.29 is 9.59 Å². The Labute approximate surface area is 112 Å². The van der Waals surface area contributed by atoms with Crippen LogP contribution in [0, 0.1) is 13.8 Å². The molecule has 0 aliphatic heterocycles. The number of alkyl halides is 1. The number of amides is 2. The van der Waals surface area contributed by atoms with Crippen LogP contribution < -0.4 is 10.6 Å². The molecule has 98 valence electrons. The van der Waals surface area contributed by atoms with Gasteiger partial charge in [0.25, 0.3) is 0 Å². The van der Waals surface area contributed by atoms with Crippen LogP contribution in [0.25, 0.3) is 0 Å². The van der Waals surface area contributed by atoms with Gasteiger partial charge in [0, 0.05) is 5.69 Å². The predicted molar refractivity (Wildman–Crippen MR) is 72.9 cm³/mol. The van der Waals surface area contributed by atoms with Crippen LogP contribution in [-0.4, -0.2) is 23.7 Å². The fourth-order valence-electron chi connectivity index (χ4n) is 1.50. The molecule has 0 aromatic heterocycles. The Morgan fingerprint density at radius 3 is 2.33 bits per heavy atom. The third-order valence-electron chi connectivity index (χ3n) is 2.53. The lowest BCUT2D eigenvalue weighted by molar-refractivity contribution is -0.123. The van der Waals surface area contributed by atoms with E-state index in [2.05, 4.69) is 10.6 Å². The molecule has 1 aromatic carbocycles. The molecule has 1 rings (SSSR count). The van der Waals surface area contributed by atoms with Gasteiger partial charge in [-0.05, 0) is 31.9 Å². The van der Waals surface area contributed by atoms with Crippen LogP contribution in [0.2, 0.25) is 0 Å². The number of hydrogen-bond donors (Lipinski definition) is 2. The second-order valence-corrected chi connectivity index (χ2v) is 4.80. The molecule has 0 heterocycles. The summed E-state index contributed by atoms with van der Waals surface area (Å²) in [5, 5.41) is 4.59. The highest BCUT2D eigenvalue weighted by Crippen LogP contribution is 2.18. The number of benzene rings is 1. The van der Waals surface area contributed by atoms with Gasteiger partial charge in [-0.25, -0.2) is 0 Å². The molecular weight excluding hydrogens is 252 g/mol. The number of halogens is 1. The van der Waals surface area contributed by atoms with Crippen LogP contribution in [0.3, 0.4) is 0 Å². The summed E-state index contributed by atoms with van der Waals surface area (Å²) in [6.45, 7) is 5.31. The van der Waals surface area contributed by atoms with Gasteiger partial charge in [0.1, 0.15) is 5.38 Å². The smallest absolute Gasteiger partial charge is 0.243 e. The van der Waals surface area contributed by atoms with Crippen LogP contribution >= 0.6 is 11.6 Å². The summed E-state index contributed by atoms with van der Waals surface area (Å²) in [5.74, 6) is -0.619. The summed E-state index contributed by atoms with van der Waals surface area (Å²) in [6, 6.07) is 5.77. The molecule has 0 bridgehead atoms. The quantitative estimate of drug-likeness (QED) is 0.821. The molecule has 4 nitrogen and oxygen atoms in total. The molecule has 2 N–H and O–H groups in total. The topological polar surface area (TPSA) is 58.2 Å². The van der Waals surface area contributed by atoms with Gasteiger partial charge in [0.05, 0.1) is 6.54 Å². The van der Waals surface area contributed by atoms with Gasteiger partial charge < -0.3 is 10.6 Å². The maximum atomic E-state index is 11.7. The third kappa shape index (κ3) is 4.04. The van der Waals surface area contributed by atoms with Crippen molar-refractivity contribution in [2.75, 3.05) is 11.9 Å². The predicted octanol–water partition coefficient (Wildman–Crippen LogP) is 1.99. The fraction of sp³-hybridized carbons (Fsp3) is 0.385. The Kier molecular flexibility index (Phi) is 5.16. The number of para-hydroxylation sites is 1. The Morgan fingerprint density at radius 2 is 1.83 bits per heavy atom. The molecule has 0 fully saturated rings.